The van der Waals surface area contributed by atoms with Crippen LogP contribution in [0.3, 0.4) is 0 Å². The van der Waals surface area contributed by atoms with Gasteiger partial charge in [0.15, 0.2) is 0 Å². The number of amides is 2. The summed E-state index contributed by atoms with van der Waals surface area (Å²) in [6.45, 7) is 0.235. The zero-order chi connectivity index (χ0) is 26.6. The van der Waals surface area contributed by atoms with Crippen LogP contribution in [0.25, 0.3) is 0 Å². The number of halogens is 3. The Morgan fingerprint density at radius 2 is 1.71 bits per heavy atom. The summed E-state index contributed by atoms with van der Waals surface area (Å²) < 4.78 is 7.06. The molecule has 2 aliphatic heterocycles. The van der Waals surface area contributed by atoms with Crippen LogP contribution in [-0.2, 0) is 16.2 Å². The number of anilines is 1. The number of rotatable bonds is 5. The molecular weight excluding hydrogens is 631 g/mol. The highest BCUT2D eigenvalue weighted by Crippen LogP contribution is 2.54. The Bertz CT molecular complexity index is 1640. The lowest BCUT2D eigenvalue weighted by Crippen LogP contribution is -2.32. The van der Waals surface area contributed by atoms with Gasteiger partial charge >= 0.3 is 4.87 Å². The summed E-state index contributed by atoms with van der Waals surface area (Å²) in [4.78, 5) is 44.6. The van der Waals surface area contributed by atoms with Crippen molar-refractivity contribution in [3.8, 4) is 5.75 Å². The Labute approximate surface area is 244 Å². The fourth-order valence-corrected chi connectivity index (χ4v) is 8.04. The van der Waals surface area contributed by atoms with Crippen molar-refractivity contribution in [3.63, 3.8) is 0 Å². The fourth-order valence-electron chi connectivity index (χ4n) is 4.88. The van der Waals surface area contributed by atoms with E-state index in [9.17, 15) is 14.4 Å². The van der Waals surface area contributed by atoms with Gasteiger partial charge in [-0.3, -0.25) is 14.4 Å². The molecule has 0 spiro atoms. The van der Waals surface area contributed by atoms with Gasteiger partial charge in [-0.2, -0.15) is 0 Å². The van der Waals surface area contributed by atoms with Crippen LogP contribution in [0, 0.1) is 5.92 Å². The fraction of sp³-hybridized carbons (Fsp3) is 0.148. The first-order valence-corrected chi connectivity index (χ1v) is 14.7. The van der Waals surface area contributed by atoms with Crippen LogP contribution in [0.2, 0.25) is 10.0 Å². The van der Waals surface area contributed by atoms with E-state index in [1.807, 2.05) is 18.2 Å². The first-order chi connectivity index (χ1) is 18.3. The normalized spacial score (nSPS) is 20.4. The second-order valence-electron chi connectivity index (χ2n) is 8.84. The summed E-state index contributed by atoms with van der Waals surface area (Å²) in [6, 6.07) is 19.6. The number of imide groups is 1. The number of H-pyrrole nitrogens is 1. The number of ether oxygens (including phenoxy) is 1. The monoisotopic (exact) mass is 646 g/mol. The van der Waals surface area contributed by atoms with E-state index in [1.165, 1.54) is 16.7 Å². The Hall–Kier alpha value is -2.56. The van der Waals surface area contributed by atoms with Crippen molar-refractivity contribution in [2.75, 3.05) is 4.90 Å². The molecule has 6 rings (SSSR count). The number of fused-ring (bicyclic) bond motifs is 2. The summed E-state index contributed by atoms with van der Waals surface area (Å²) in [6.07, 6.45) is 0. The second-order valence-corrected chi connectivity index (χ2v) is 12.8. The molecule has 2 amide bonds. The number of hydrogen-bond donors (Lipinski definition) is 1. The van der Waals surface area contributed by atoms with Crippen LogP contribution in [0.1, 0.15) is 21.9 Å². The van der Waals surface area contributed by atoms with Gasteiger partial charge in [-0.15, -0.1) is 0 Å². The average Bonchev–Trinajstić information content (AvgIpc) is 3.38. The van der Waals surface area contributed by atoms with Crippen molar-refractivity contribution >= 4 is 79.7 Å². The Morgan fingerprint density at radius 1 is 0.947 bits per heavy atom. The predicted octanol–water partition coefficient (Wildman–Crippen LogP) is 6.88. The minimum Gasteiger partial charge on any atom is -0.489 e. The van der Waals surface area contributed by atoms with Gasteiger partial charge in [-0.1, -0.05) is 74.4 Å². The molecule has 38 heavy (non-hydrogen) atoms. The molecule has 3 atom stereocenters. The summed E-state index contributed by atoms with van der Waals surface area (Å²) in [7, 11) is 0. The number of thioether (sulfide) groups is 1. The molecular formula is C27H17BrCl2N2O4S2. The highest BCUT2D eigenvalue weighted by molar-refractivity contribution is 9.10. The van der Waals surface area contributed by atoms with Gasteiger partial charge in [-0.05, 0) is 60.2 Å². The second kappa shape index (κ2) is 10.2. The number of aromatic nitrogens is 1. The molecule has 1 aromatic heterocycles. The van der Waals surface area contributed by atoms with Crippen LogP contribution in [0.15, 0.2) is 81.0 Å². The number of hydrogen-bond acceptors (Lipinski definition) is 6. The largest absolute Gasteiger partial charge is 0.489 e. The topological polar surface area (TPSA) is 79.5 Å². The van der Waals surface area contributed by atoms with Crippen molar-refractivity contribution in [1.82, 2.24) is 4.98 Å². The average molecular weight is 648 g/mol. The first-order valence-electron chi connectivity index (χ1n) is 11.5. The number of nitrogens with one attached hydrogen (secondary N) is 1. The molecule has 11 heteroatoms. The summed E-state index contributed by atoms with van der Waals surface area (Å²) in [5, 5.41) is 0.926. The minimum absolute atomic E-state index is 0.235. The highest BCUT2D eigenvalue weighted by Gasteiger charge is 2.56. The first kappa shape index (κ1) is 25.7. The standard InChI is InChI=1S/C27H17BrCl2N2O4S2/c28-14-4-7-17(8-5-14)32-25(33)21-20(22-24(31-27(35)38-22)37-23(21)26(32)34)18-11-16(30)6-9-19(18)36-12-13-2-1-3-15(29)10-13/h1-11,20-21,23H,12H2,(H,31,35). The van der Waals surface area contributed by atoms with E-state index in [2.05, 4.69) is 20.9 Å². The molecule has 1 N–H and O–H groups in total. The van der Waals surface area contributed by atoms with E-state index in [0.29, 0.717) is 36.9 Å². The smallest absolute Gasteiger partial charge is 0.305 e. The molecule has 1 saturated heterocycles. The van der Waals surface area contributed by atoms with Crippen molar-refractivity contribution in [2.24, 2.45) is 5.92 Å². The zero-order valence-electron chi connectivity index (χ0n) is 19.3. The maximum absolute atomic E-state index is 14.0. The maximum atomic E-state index is 14.0. The molecule has 4 aromatic rings. The SMILES string of the molecule is O=C1C2Sc3[nH]c(=O)sc3C(c3cc(Cl)ccc3OCc3cccc(Cl)c3)C2C(=O)N1c1ccc(Br)cc1. The third kappa shape index (κ3) is 4.60. The summed E-state index contributed by atoms with van der Waals surface area (Å²) in [5.74, 6) is -1.49. The molecule has 6 nitrogen and oxygen atoms in total. The Morgan fingerprint density at radius 3 is 2.47 bits per heavy atom. The van der Waals surface area contributed by atoms with E-state index in [0.717, 1.165) is 21.4 Å². The molecule has 1 fully saturated rings. The zero-order valence-corrected chi connectivity index (χ0v) is 24.1. The Kier molecular flexibility index (Phi) is 6.90. The number of thiazole rings is 1. The molecule has 0 aliphatic carbocycles. The minimum atomic E-state index is -0.748. The van der Waals surface area contributed by atoms with Gasteiger partial charge in [0.2, 0.25) is 11.8 Å². The molecule has 192 valence electrons. The van der Waals surface area contributed by atoms with Gasteiger partial charge in [0.25, 0.3) is 0 Å². The number of benzene rings is 3. The van der Waals surface area contributed by atoms with Crippen molar-refractivity contribution < 1.29 is 14.3 Å². The molecule has 0 bridgehead atoms. The lowest BCUT2D eigenvalue weighted by Gasteiger charge is -2.31. The van der Waals surface area contributed by atoms with E-state index in [1.54, 1.807) is 48.5 Å². The number of carbonyl (C=O) groups excluding carboxylic acids is 2. The van der Waals surface area contributed by atoms with Gasteiger partial charge in [0.1, 0.15) is 17.6 Å². The Balaban J connectivity index is 1.45. The van der Waals surface area contributed by atoms with Crippen LogP contribution in [0.4, 0.5) is 5.69 Å². The maximum Gasteiger partial charge on any atom is 0.305 e. The van der Waals surface area contributed by atoms with Crippen molar-refractivity contribution in [1.29, 1.82) is 0 Å². The molecule has 3 heterocycles. The predicted molar refractivity (Wildman–Crippen MR) is 154 cm³/mol. The lowest BCUT2D eigenvalue weighted by atomic mass is 9.82. The van der Waals surface area contributed by atoms with Crippen LogP contribution >= 0.6 is 62.2 Å². The molecule has 3 unspecified atom stereocenters. The molecule has 0 saturated carbocycles. The lowest BCUT2D eigenvalue weighted by molar-refractivity contribution is -0.122. The third-order valence-corrected chi connectivity index (χ3v) is 9.90. The van der Waals surface area contributed by atoms with E-state index < -0.39 is 17.1 Å². The van der Waals surface area contributed by atoms with E-state index in [4.69, 9.17) is 27.9 Å². The highest BCUT2D eigenvalue weighted by atomic mass is 79.9. The van der Waals surface area contributed by atoms with Gasteiger partial charge in [0.05, 0.1) is 16.6 Å². The van der Waals surface area contributed by atoms with Crippen molar-refractivity contribution in [2.45, 2.75) is 22.8 Å². The van der Waals surface area contributed by atoms with Crippen molar-refractivity contribution in [3.05, 3.63) is 107 Å². The number of carbonyl (C=O) groups is 2. The molecule has 2 aliphatic rings. The van der Waals surface area contributed by atoms with Crippen LogP contribution in [0.5, 0.6) is 5.75 Å². The quantitative estimate of drug-likeness (QED) is 0.239. The van der Waals surface area contributed by atoms with Gasteiger partial charge in [0, 0.05) is 30.9 Å². The number of aromatic amines is 1. The summed E-state index contributed by atoms with van der Waals surface area (Å²) in [5.41, 5.74) is 2.01. The van der Waals surface area contributed by atoms with E-state index >= 15 is 0 Å². The number of nitrogens with zero attached hydrogens (tertiary/aromatic N) is 1. The molecule has 0 radical (unpaired) electrons. The third-order valence-electron chi connectivity index (χ3n) is 6.50. The van der Waals surface area contributed by atoms with Crippen LogP contribution < -0.4 is 14.5 Å². The van der Waals surface area contributed by atoms with Gasteiger partial charge < -0.3 is 9.72 Å². The molecule has 3 aromatic carbocycles. The van der Waals surface area contributed by atoms with Gasteiger partial charge in [-0.25, -0.2) is 4.90 Å². The van der Waals surface area contributed by atoms with Crippen LogP contribution in [-0.4, -0.2) is 22.0 Å². The van der Waals surface area contributed by atoms with E-state index in [-0.39, 0.29) is 23.3 Å². The summed E-state index contributed by atoms with van der Waals surface area (Å²) >= 11 is 18.2.